The molecule has 1 heterocycles. The van der Waals surface area contributed by atoms with Crippen LogP contribution in [-0.2, 0) is 0 Å². The molecule has 1 saturated carbocycles. The summed E-state index contributed by atoms with van der Waals surface area (Å²) in [7, 11) is 0. The van der Waals surface area contributed by atoms with Crippen LogP contribution in [-0.4, -0.2) is 34.1 Å². The SMILES string of the molecule is O=C(NCC1(CO)CCCCC1)c1cc(=O)[nH]c(=O)[nH]1. The third kappa shape index (κ3) is 3.36. The van der Waals surface area contributed by atoms with Gasteiger partial charge in [0, 0.05) is 18.0 Å². The number of aromatic nitrogens is 2. The highest BCUT2D eigenvalue weighted by Gasteiger charge is 2.31. The van der Waals surface area contributed by atoms with E-state index in [0.717, 1.165) is 38.2 Å². The lowest BCUT2D eigenvalue weighted by Crippen LogP contribution is -2.42. The Balaban J connectivity index is 2.04. The van der Waals surface area contributed by atoms with Crippen LogP contribution in [0.5, 0.6) is 0 Å². The summed E-state index contributed by atoms with van der Waals surface area (Å²) in [5, 5.41) is 12.2. The maximum absolute atomic E-state index is 11.9. The van der Waals surface area contributed by atoms with Crippen LogP contribution in [0.3, 0.4) is 0 Å². The number of aromatic amines is 2. The topological polar surface area (TPSA) is 115 Å². The average molecular weight is 281 g/mol. The number of H-pyrrole nitrogens is 2. The van der Waals surface area contributed by atoms with Crippen LogP contribution >= 0.6 is 0 Å². The zero-order valence-corrected chi connectivity index (χ0v) is 11.2. The van der Waals surface area contributed by atoms with Gasteiger partial charge in [-0.05, 0) is 12.8 Å². The molecule has 0 aliphatic heterocycles. The molecule has 1 aliphatic carbocycles. The van der Waals surface area contributed by atoms with Crippen molar-refractivity contribution in [1.29, 1.82) is 0 Å². The fourth-order valence-corrected chi connectivity index (χ4v) is 2.65. The van der Waals surface area contributed by atoms with E-state index >= 15 is 0 Å². The number of amides is 1. The van der Waals surface area contributed by atoms with Crippen LogP contribution in [0.25, 0.3) is 0 Å². The number of carbonyl (C=O) groups is 1. The average Bonchev–Trinajstić information content (AvgIpc) is 2.45. The van der Waals surface area contributed by atoms with Gasteiger partial charge in [-0.3, -0.25) is 14.6 Å². The van der Waals surface area contributed by atoms with E-state index in [1.54, 1.807) is 0 Å². The van der Waals surface area contributed by atoms with Crippen molar-refractivity contribution in [3.8, 4) is 0 Å². The van der Waals surface area contributed by atoms with Crippen molar-refractivity contribution in [2.24, 2.45) is 5.41 Å². The third-order valence-electron chi connectivity index (χ3n) is 3.88. The molecule has 1 aliphatic rings. The van der Waals surface area contributed by atoms with Gasteiger partial charge in [0.25, 0.3) is 11.5 Å². The molecule has 0 aromatic carbocycles. The Bertz CT molecular complexity index is 556. The first-order valence-corrected chi connectivity index (χ1v) is 6.77. The molecule has 110 valence electrons. The second-order valence-corrected chi connectivity index (χ2v) is 5.40. The molecule has 0 spiro atoms. The molecule has 1 amide bonds. The highest BCUT2D eigenvalue weighted by Crippen LogP contribution is 2.35. The normalized spacial score (nSPS) is 17.6. The molecule has 1 aromatic heterocycles. The molecular formula is C13H19N3O4. The van der Waals surface area contributed by atoms with Crippen LogP contribution in [0.4, 0.5) is 0 Å². The molecule has 2 rings (SSSR count). The number of aliphatic hydroxyl groups excluding tert-OH is 1. The predicted molar refractivity (Wildman–Crippen MR) is 72.6 cm³/mol. The Kier molecular flexibility index (Phi) is 4.39. The minimum Gasteiger partial charge on any atom is -0.396 e. The zero-order chi connectivity index (χ0) is 14.6. The summed E-state index contributed by atoms with van der Waals surface area (Å²) >= 11 is 0. The second-order valence-electron chi connectivity index (χ2n) is 5.40. The summed E-state index contributed by atoms with van der Waals surface area (Å²) in [4.78, 5) is 38.5. The first-order chi connectivity index (χ1) is 9.54. The molecule has 0 radical (unpaired) electrons. The van der Waals surface area contributed by atoms with Gasteiger partial charge in [0.05, 0.1) is 6.61 Å². The van der Waals surface area contributed by atoms with Gasteiger partial charge in [-0.15, -0.1) is 0 Å². The minimum atomic E-state index is -0.711. The van der Waals surface area contributed by atoms with Gasteiger partial charge < -0.3 is 15.4 Å². The van der Waals surface area contributed by atoms with Crippen molar-refractivity contribution in [2.75, 3.05) is 13.2 Å². The first-order valence-electron chi connectivity index (χ1n) is 6.77. The van der Waals surface area contributed by atoms with Crippen molar-refractivity contribution in [3.63, 3.8) is 0 Å². The molecule has 4 N–H and O–H groups in total. The fourth-order valence-electron chi connectivity index (χ4n) is 2.65. The first kappa shape index (κ1) is 14.5. The van der Waals surface area contributed by atoms with Gasteiger partial charge in [0.15, 0.2) is 0 Å². The van der Waals surface area contributed by atoms with Gasteiger partial charge in [-0.1, -0.05) is 19.3 Å². The molecule has 1 fully saturated rings. The number of hydrogen-bond acceptors (Lipinski definition) is 4. The molecule has 0 unspecified atom stereocenters. The molecule has 7 nitrogen and oxygen atoms in total. The van der Waals surface area contributed by atoms with Crippen molar-refractivity contribution in [3.05, 3.63) is 32.6 Å². The number of hydrogen-bond donors (Lipinski definition) is 4. The molecule has 0 saturated heterocycles. The van der Waals surface area contributed by atoms with Crippen LogP contribution in [0, 0.1) is 5.41 Å². The molecular weight excluding hydrogens is 262 g/mol. The van der Waals surface area contributed by atoms with Crippen molar-refractivity contribution in [1.82, 2.24) is 15.3 Å². The Labute approximate surface area is 115 Å². The zero-order valence-electron chi connectivity index (χ0n) is 11.2. The van der Waals surface area contributed by atoms with E-state index < -0.39 is 17.2 Å². The van der Waals surface area contributed by atoms with Crippen molar-refractivity contribution >= 4 is 5.91 Å². The van der Waals surface area contributed by atoms with Crippen LogP contribution in [0.15, 0.2) is 15.7 Å². The van der Waals surface area contributed by atoms with E-state index in [4.69, 9.17) is 0 Å². The van der Waals surface area contributed by atoms with E-state index in [2.05, 4.69) is 10.3 Å². The highest BCUT2D eigenvalue weighted by atomic mass is 16.3. The lowest BCUT2D eigenvalue weighted by molar-refractivity contribution is 0.0715. The molecule has 0 atom stereocenters. The van der Waals surface area contributed by atoms with E-state index in [1.807, 2.05) is 4.98 Å². The largest absolute Gasteiger partial charge is 0.396 e. The van der Waals surface area contributed by atoms with Crippen LogP contribution in [0.1, 0.15) is 42.6 Å². The molecule has 1 aromatic rings. The van der Waals surface area contributed by atoms with E-state index in [1.165, 1.54) is 0 Å². The maximum atomic E-state index is 11.9. The van der Waals surface area contributed by atoms with Gasteiger partial charge in [-0.25, -0.2) is 4.79 Å². The number of rotatable bonds is 4. The highest BCUT2D eigenvalue weighted by molar-refractivity contribution is 5.92. The van der Waals surface area contributed by atoms with Crippen LogP contribution in [0.2, 0.25) is 0 Å². The Hall–Kier alpha value is -1.89. The second kappa shape index (κ2) is 6.04. The number of carbonyl (C=O) groups excluding carboxylic acids is 1. The smallest absolute Gasteiger partial charge is 0.326 e. The van der Waals surface area contributed by atoms with Gasteiger partial charge in [0.2, 0.25) is 0 Å². The van der Waals surface area contributed by atoms with E-state index in [0.29, 0.717) is 6.54 Å². The van der Waals surface area contributed by atoms with E-state index in [-0.39, 0.29) is 17.7 Å². The predicted octanol–water partition coefficient (Wildman–Crippen LogP) is -0.264. The third-order valence-corrected chi connectivity index (χ3v) is 3.88. The van der Waals surface area contributed by atoms with Crippen LogP contribution < -0.4 is 16.6 Å². The lowest BCUT2D eigenvalue weighted by Gasteiger charge is -2.35. The Morgan fingerprint density at radius 2 is 1.95 bits per heavy atom. The Morgan fingerprint density at radius 3 is 2.55 bits per heavy atom. The summed E-state index contributed by atoms with van der Waals surface area (Å²) in [6.45, 7) is 0.371. The molecule has 0 bridgehead atoms. The molecule has 7 heteroatoms. The monoisotopic (exact) mass is 281 g/mol. The summed E-state index contributed by atoms with van der Waals surface area (Å²) in [6.07, 6.45) is 4.97. The Morgan fingerprint density at radius 1 is 1.25 bits per heavy atom. The van der Waals surface area contributed by atoms with Gasteiger partial charge in [0.1, 0.15) is 5.69 Å². The number of nitrogens with one attached hydrogen (secondary N) is 3. The van der Waals surface area contributed by atoms with Crippen molar-refractivity contribution in [2.45, 2.75) is 32.1 Å². The summed E-state index contributed by atoms with van der Waals surface area (Å²) in [5.41, 5.74) is -1.68. The quantitative estimate of drug-likeness (QED) is 0.608. The van der Waals surface area contributed by atoms with Gasteiger partial charge in [-0.2, -0.15) is 0 Å². The maximum Gasteiger partial charge on any atom is 0.326 e. The van der Waals surface area contributed by atoms with E-state index in [9.17, 15) is 19.5 Å². The summed E-state index contributed by atoms with van der Waals surface area (Å²) in [5.74, 6) is -0.508. The summed E-state index contributed by atoms with van der Waals surface area (Å²) in [6, 6.07) is 1.04. The summed E-state index contributed by atoms with van der Waals surface area (Å²) < 4.78 is 0. The fraction of sp³-hybridized carbons (Fsp3) is 0.615. The number of aliphatic hydroxyl groups is 1. The minimum absolute atomic E-state index is 0.0270. The van der Waals surface area contributed by atoms with Crippen molar-refractivity contribution < 1.29 is 9.90 Å². The van der Waals surface area contributed by atoms with Gasteiger partial charge >= 0.3 is 5.69 Å². The lowest BCUT2D eigenvalue weighted by atomic mass is 9.74. The molecule has 20 heavy (non-hydrogen) atoms. The standard InChI is InChI=1S/C13H19N3O4/c17-8-13(4-2-1-3-5-13)7-14-11(19)9-6-10(18)16-12(20)15-9/h6,17H,1-5,7-8H2,(H,14,19)(H2,15,16,18,20).